The zero-order valence-corrected chi connectivity index (χ0v) is 13.9. The molecule has 114 valence electrons. The maximum atomic E-state index is 12.3. The van der Waals surface area contributed by atoms with Crippen LogP contribution < -0.4 is 10.5 Å². The first-order valence-corrected chi connectivity index (χ1v) is 8.86. The lowest BCUT2D eigenvalue weighted by atomic mass is 10.1. The first-order chi connectivity index (χ1) is 9.79. The third kappa shape index (κ3) is 3.84. The number of nitrogens with zero attached hydrogens (tertiary/aromatic N) is 2. The fourth-order valence-electron chi connectivity index (χ4n) is 1.70. The molecular weight excluding hydrogens is 332 g/mol. The fraction of sp³-hybridized carbons (Fsp3) is 0.333. The molecule has 2 rings (SSSR count). The summed E-state index contributed by atoms with van der Waals surface area (Å²) in [6.07, 6.45) is 0.744. The molecule has 0 atom stereocenters. The van der Waals surface area contributed by atoms with Gasteiger partial charge in [-0.25, -0.2) is 8.42 Å². The highest BCUT2D eigenvalue weighted by atomic mass is 35.5. The van der Waals surface area contributed by atoms with E-state index in [0.717, 1.165) is 11.4 Å². The molecule has 0 radical (unpaired) electrons. The lowest BCUT2D eigenvalue weighted by molar-refractivity contribution is 0.601. The second-order valence-corrected chi connectivity index (χ2v) is 7.95. The van der Waals surface area contributed by atoms with Crippen LogP contribution in [-0.4, -0.2) is 18.6 Å². The molecule has 0 spiro atoms. The lowest BCUT2D eigenvalue weighted by Gasteiger charge is -2.09. The quantitative estimate of drug-likeness (QED) is 0.811. The van der Waals surface area contributed by atoms with E-state index < -0.39 is 10.0 Å². The Morgan fingerprint density at radius 3 is 2.71 bits per heavy atom. The van der Waals surface area contributed by atoms with Crippen molar-refractivity contribution in [1.82, 2.24) is 10.2 Å². The molecule has 1 aromatic heterocycles. The van der Waals surface area contributed by atoms with Gasteiger partial charge in [-0.05, 0) is 18.1 Å². The number of nitrogens with two attached hydrogens (primary N) is 1. The highest BCUT2D eigenvalue weighted by Crippen LogP contribution is 2.29. The molecule has 1 aromatic carbocycles. The molecule has 6 nitrogen and oxygen atoms in total. The number of halogens is 1. The van der Waals surface area contributed by atoms with Crippen LogP contribution in [0, 0.1) is 5.92 Å². The van der Waals surface area contributed by atoms with Crippen molar-refractivity contribution in [2.45, 2.75) is 25.2 Å². The van der Waals surface area contributed by atoms with Crippen molar-refractivity contribution in [2.75, 3.05) is 10.5 Å². The minimum absolute atomic E-state index is 0.0643. The smallest absolute Gasteiger partial charge is 0.267 e. The topological polar surface area (TPSA) is 98.0 Å². The van der Waals surface area contributed by atoms with E-state index in [1.165, 1.54) is 23.5 Å². The summed E-state index contributed by atoms with van der Waals surface area (Å²) in [5.41, 5.74) is 5.78. The Kier molecular flexibility index (Phi) is 4.70. The molecule has 3 N–H and O–H groups in total. The van der Waals surface area contributed by atoms with E-state index in [-0.39, 0.29) is 20.7 Å². The normalized spacial score (nSPS) is 11.8. The average Bonchev–Trinajstić information content (AvgIpc) is 2.73. The number of rotatable bonds is 5. The van der Waals surface area contributed by atoms with Crippen molar-refractivity contribution < 1.29 is 8.42 Å². The number of aromatic nitrogens is 2. The van der Waals surface area contributed by atoms with Crippen molar-refractivity contribution in [3.63, 3.8) is 0 Å². The van der Waals surface area contributed by atoms with Crippen molar-refractivity contribution in [3.8, 4) is 0 Å². The minimum atomic E-state index is -3.89. The van der Waals surface area contributed by atoms with Gasteiger partial charge in [0.15, 0.2) is 0 Å². The van der Waals surface area contributed by atoms with Crippen molar-refractivity contribution in [3.05, 3.63) is 28.2 Å². The standard InChI is InChI=1S/C12H15ClN4O2S2/c1-7(2)6-10-15-16-12(20-10)17-21(18,19)11-8(13)4-3-5-9(11)14/h3-5,7H,6,14H2,1-2H3,(H,16,17). The maximum Gasteiger partial charge on any atom is 0.267 e. The van der Waals surface area contributed by atoms with Gasteiger partial charge in [0.25, 0.3) is 10.0 Å². The summed E-state index contributed by atoms with van der Waals surface area (Å²) < 4.78 is 27.0. The number of hydrogen-bond acceptors (Lipinski definition) is 6. The summed E-state index contributed by atoms with van der Waals surface area (Å²) in [5.74, 6) is 0.418. The summed E-state index contributed by atoms with van der Waals surface area (Å²) >= 11 is 7.12. The van der Waals surface area contributed by atoms with Crippen molar-refractivity contribution >= 4 is 43.8 Å². The Balaban J connectivity index is 2.27. The molecule has 21 heavy (non-hydrogen) atoms. The Hall–Kier alpha value is -1.38. The largest absolute Gasteiger partial charge is 0.398 e. The molecule has 0 aliphatic carbocycles. The Morgan fingerprint density at radius 2 is 2.10 bits per heavy atom. The first kappa shape index (κ1) is 16.0. The monoisotopic (exact) mass is 346 g/mol. The number of nitrogen functional groups attached to an aromatic ring is 1. The predicted octanol–water partition coefficient (Wildman–Crippen LogP) is 2.77. The van der Waals surface area contributed by atoms with Crippen LogP contribution in [0.3, 0.4) is 0 Å². The van der Waals surface area contributed by atoms with Crippen molar-refractivity contribution in [1.29, 1.82) is 0 Å². The average molecular weight is 347 g/mol. The van der Waals surface area contributed by atoms with E-state index in [1.807, 2.05) is 0 Å². The number of benzene rings is 1. The van der Waals surface area contributed by atoms with Crippen LogP contribution in [0.25, 0.3) is 0 Å². The summed E-state index contributed by atoms with van der Waals surface area (Å²) in [5, 5.41) is 8.83. The number of nitrogens with one attached hydrogen (secondary N) is 1. The first-order valence-electron chi connectivity index (χ1n) is 6.19. The maximum absolute atomic E-state index is 12.3. The molecule has 0 unspecified atom stereocenters. The third-order valence-electron chi connectivity index (χ3n) is 2.54. The lowest BCUT2D eigenvalue weighted by Crippen LogP contribution is -2.15. The molecule has 0 saturated carbocycles. The third-order valence-corrected chi connectivity index (χ3v) is 5.41. The molecule has 0 amide bonds. The van der Waals surface area contributed by atoms with Gasteiger partial charge in [-0.1, -0.05) is 42.9 Å². The van der Waals surface area contributed by atoms with Gasteiger partial charge in [0.1, 0.15) is 9.90 Å². The molecule has 0 saturated heterocycles. The van der Waals surface area contributed by atoms with E-state index in [0.29, 0.717) is 5.92 Å². The molecule has 0 aliphatic rings. The number of hydrogen-bond donors (Lipinski definition) is 2. The van der Waals surface area contributed by atoms with Gasteiger partial charge in [-0.2, -0.15) is 0 Å². The second kappa shape index (κ2) is 6.17. The summed E-state index contributed by atoms with van der Waals surface area (Å²) in [6.45, 7) is 4.10. The van der Waals surface area contributed by atoms with Gasteiger partial charge in [0, 0.05) is 6.42 Å². The van der Waals surface area contributed by atoms with Crippen LogP contribution in [0.2, 0.25) is 5.02 Å². The number of anilines is 2. The van der Waals surface area contributed by atoms with E-state index >= 15 is 0 Å². The molecular formula is C12H15ClN4O2S2. The predicted molar refractivity (Wildman–Crippen MR) is 85.1 cm³/mol. The zero-order chi connectivity index (χ0) is 15.6. The molecule has 1 heterocycles. The summed E-state index contributed by atoms with van der Waals surface area (Å²) in [4.78, 5) is -0.146. The van der Waals surface area contributed by atoms with Crippen LogP contribution in [0.1, 0.15) is 18.9 Å². The molecule has 0 aliphatic heterocycles. The highest BCUT2D eigenvalue weighted by Gasteiger charge is 2.22. The van der Waals surface area contributed by atoms with Gasteiger partial charge < -0.3 is 5.73 Å². The molecule has 0 bridgehead atoms. The molecule has 2 aromatic rings. The SMILES string of the molecule is CC(C)Cc1nnc(NS(=O)(=O)c2c(N)cccc2Cl)s1. The van der Waals surface area contributed by atoms with Crippen LogP contribution in [0.4, 0.5) is 10.8 Å². The zero-order valence-electron chi connectivity index (χ0n) is 11.5. The van der Waals surface area contributed by atoms with Crippen LogP contribution in [0.5, 0.6) is 0 Å². The van der Waals surface area contributed by atoms with E-state index in [4.69, 9.17) is 17.3 Å². The van der Waals surface area contributed by atoms with Crippen LogP contribution in [-0.2, 0) is 16.4 Å². The molecule has 0 fully saturated rings. The Labute approximate surface area is 132 Å². The van der Waals surface area contributed by atoms with E-state index in [1.54, 1.807) is 6.07 Å². The van der Waals surface area contributed by atoms with E-state index in [2.05, 4.69) is 28.8 Å². The minimum Gasteiger partial charge on any atom is -0.398 e. The molecule has 9 heteroatoms. The summed E-state index contributed by atoms with van der Waals surface area (Å²) in [7, 11) is -3.89. The van der Waals surface area contributed by atoms with Gasteiger partial charge in [0.2, 0.25) is 5.13 Å². The Morgan fingerprint density at radius 1 is 1.38 bits per heavy atom. The number of sulfonamides is 1. The fourth-order valence-corrected chi connectivity index (χ4v) is 4.56. The van der Waals surface area contributed by atoms with E-state index in [9.17, 15) is 8.42 Å². The summed E-state index contributed by atoms with van der Waals surface area (Å²) in [6, 6.07) is 4.53. The van der Waals surface area contributed by atoms with Crippen LogP contribution in [0.15, 0.2) is 23.1 Å². The van der Waals surface area contributed by atoms with Gasteiger partial charge in [-0.15, -0.1) is 10.2 Å². The van der Waals surface area contributed by atoms with Crippen LogP contribution >= 0.6 is 22.9 Å². The second-order valence-electron chi connectivity index (χ2n) is 4.86. The van der Waals surface area contributed by atoms with Crippen molar-refractivity contribution in [2.24, 2.45) is 5.92 Å². The van der Waals surface area contributed by atoms with Gasteiger partial charge >= 0.3 is 0 Å². The van der Waals surface area contributed by atoms with Gasteiger partial charge in [0.05, 0.1) is 10.7 Å². The van der Waals surface area contributed by atoms with Gasteiger partial charge in [-0.3, -0.25) is 4.72 Å². The Bertz CT molecular complexity index is 723. The highest BCUT2D eigenvalue weighted by molar-refractivity contribution is 7.93.